The Labute approximate surface area is 109 Å². The molecule has 0 bridgehead atoms. The van der Waals surface area contributed by atoms with Crippen LogP contribution in [0.2, 0.25) is 5.02 Å². The van der Waals surface area contributed by atoms with Crippen LogP contribution in [-0.4, -0.2) is 22.9 Å². The highest BCUT2D eigenvalue weighted by Gasteiger charge is 2.08. The smallest absolute Gasteiger partial charge is 0.0862 e. The first kappa shape index (κ1) is 14.3. The molecule has 0 radical (unpaired) electrons. The molecule has 1 heterocycles. The first-order valence-corrected chi connectivity index (χ1v) is 6.67. The van der Waals surface area contributed by atoms with Crippen LogP contribution >= 0.6 is 11.6 Å². The number of hydrogen-bond donors (Lipinski definition) is 1. The minimum absolute atomic E-state index is 0.738. The predicted molar refractivity (Wildman–Crippen MR) is 74.3 cm³/mol. The van der Waals surface area contributed by atoms with E-state index in [4.69, 9.17) is 11.6 Å². The van der Waals surface area contributed by atoms with Crippen molar-refractivity contribution >= 4 is 17.2 Å². The van der Waals surface area contributed by atoms with Gasteiger partial charge < -0.3 is 5.32 Å². The Morgan fingerprint density at radius 3 is 2.88 bits per heavy atom. The topological polar surface area (TPSA) is 29.9 Å². The molecule has 0 aliphatic rings. The Hall–Kier alpha value is -0.800. The zero-order valence-electron chi connectivity index (χ0n) is 11.0. The Morgan fingerprint density at radius 1 is 1.47 bits per heavy atom. The Kier molecular flexibility index (Phi) is 6.30. The van der Waals surface area contributed by atoms with E-state index in [2.05, 4.69) is 37.3 Å². The van der Waals surface area contributed by atoms with Crippen molar-refractivity contribution in [3.63, 3.8) is 0 Å². The Morgan fingerprint density at radius 2 is 2.24 bits per heavy atom. The van der Waals surface area contributed by atoms with Gasteiger partial charge in [-0.25, -0.2) is 0 Å². The normalized spacial score (nSPS) is 12.1. The molecule has 1 aromatic heterocycles. The second-order valence-electron chi connectivity index (χ2n) is 4.08. The van der Waals surface area contributed by atoms with E-state index in [1.165, 1.54) is 12.0 Å². The van der Waals surface area contributed by atoms with Crippen LogP contribution in [0.5, 0.6) is 0 Å². The molecule has 1 rings (SSSR count). The third-order valence-corrected chi connectivity index (χ3v) is 2.94. The molecule has 0 amide bonds. The van der Waals surface area contributed by atoms with E-state index in [-0.39, 0.29) is 0 Å². The van der Waals surface area contributed by atoms with E-state index in [9.17, 15) is 0 Å². The van der Waals surface area contributed by atoms with E-state index in [0.29, 0.717) is 0 Å². The van der Waals surface area contributed by atoms with Gasteiger partial charge in [0.1, 0.15) is 0 Å². The van der Waals surface area contributed by atoms with Crippen LogP contribution < -0.4 is 5.32 Å². The number of hydrogen-bond acceptors (Lipinski definition) is 2. The number of nitrogens with one attached hydrogen (secondary N) is 1. The molecule has 0 atom stereocenters. The van der Waals surface area contributed by atoms with Crippen LogP contribution in [0.25, 0.3) is 5.57 Å². The fourth-order valence-electron chi connectivity index (χ4n) is 1.78. The molecular formula is C13H22ClN3. The predicted octanol–water partition coefficient (Wildman–Crippen LogP) is 3.35. The molecule has 96 valence electrons. The van der Waals surface area contributed by atoms with Crippen LogP contribution in [0.3, 0.4) is 0 Å². The van der Waals surface area contributed by atoms with E-state index in [1.807, 2.05) is 4.68 Å². The lowest BCUT2D eigenvalue weighted by Crippen LogP contribution is -2.15. The summed E-state index contributed by atoms with van der Waals surface area (Å²) in [6, 6.07) is 0. The van der Waals surface area contributed by atoms with Crippen LogP contribution in [0.15, 0.2) is 12.3 Å². The quantitative estimate of drug-likeness (QED) is 0.758. The summed E-state index contributed by atoms with van der Waals surface area (Å²) in [6.45, 7) is 9.29. The highest BCUT2D eigenvalue weighted by atomic mass is 35.5. The van der Waals surface area contributed by atoms with Crippen molar-refractivity contribution in [1.82, 2.24) is 15.1 Å². The third kappa shape index (κ3) is 4.17. The largest absolute Gasteiger partial charge is 0.316 e. The van der Waals surface area contributed by atoms with Crippen LogP contribution in [0.1, 0.15) is 39.3 Å². The van der Waals surface area contributed by atoms with E-state index in [1.54, 1.807) is 6.20 Å². The van der Waals surface area contributed by atoms with Gasteiger partial charge in [0.2, 0.25) is 0 Å². The zero-order chi connectivity index (χ0) is 12.7. The standard InChI is InChI=1S/C13H22ClN3/c1-4-8-15-9-6-7-11(3)13-12(14)10-16-17(13)5-2/h7,10,15H,4-6,8-9H2,1-3H3/b11-7-. The SMILES string of the molecule is CCCNCC/C=C(/C)c1c(Cl)cnn1CC. The van der Waals surface area contributed by atoms with Gasteiger partial charge in [0, 0.05) is 6.54 Å². The molecule has 0 aromatic carbocycles. The summed E-state index contributed by atoms with van der Waals surface area (Å²) in [5.41, 5.74) is 2.25. The summed E-state index contributed by atoms with van der Waals surface area (Å²) < 4.78 is 1.94. The number of rotatable bonds is 7. The van der Waals surface area contributed by atoms with Gasteiger partial charge in [0.15, 0.2) is 0 Å². The van der Waals surface area contributed by atoms with Gasteiger partial charge in [-0.2, -0.15) is 5.10 Å². The lowest BCUT2D eigenvalue weighted by atomic mass is 10.2. The fourth-order valence-corrected chi connectivity index (χ4v) is 2.07. The average molecular weight is 256 g/mol. The molecule has 0 fully saturated rings. The molecule has 4 heteroatoms. The van der Waals surface area contributed by atoms with Crippen molar-refractivity contribution in [1.29, 1.82) is 0 Å². The number of halogens is 1. The van der Waals surface area contributed by atoms with E-state index in [0.717, 1.165) is 36.8 Å². The van der Waals surface area contributed by atoms with Crippen molar-refractivity contribution in [2.45, 2.75) is 40.2 Å². The van der Waals surface area contributed by atoms with Crippen molar-refractivity contribution < 1.29 is 0 Å². The first-order chi connectivity index (χ1) is 8.20. The first-order valence-electron chi connectivity index (χ1n) is 6.29. The van der Waals surface area contributed by atoms with Gasteiger partial charge in [0.05, 0.1) is 16.9 Å². The molecular weight excluding hydrogens is 234 g/mol. The summed E-state index contributed by atoms with van der Waals surface area (Å²) >= 11 is 6.14. The molecule has 0 spiro atoms. The number of allylic oxidation sites excluding steroid dienone is 1. The second-order valence-corrected chi connectivity index (χ2v) is 4.49. The molecule has 3 nitrogen and oxygen atoms in total. The Balaban J connectivity index is 2.58. The van der Waals surface area contributed by atoms with Gasteiger partial charge in [-0.15, -0.1) is 0 Å². The molecule has 0 unspecified atom stereocenters. The van der Waals surface area contributed by atoms with Crippen LogP contribution in [-0.2, 0) is 6.54 Å². The molecule has 0 aliphatic carbocycles. The summed E-state index contributed by atoms with van der Waals surface area (Å²) in [7, 11) is 0. The minimum atomic E-state index is 0.738. The maximum atomic E-state index is 6.14. The second kappa shape index (κ2) is 7.51. The van der Waals surface area contributed by atoms with Gasteiger partial charge in [-0.3, -0.25) is 4.68 Å². The van der Waals surface area contributed by atoms with Crippen molar-refractivity contribution in [2.75, 3.05) is 13.1 Å². The molecule has 0 saturated heterocycles. The molecule has 0 saturated carbocycles. The van der Waals surface area contributed by atoms with Gasteiger partial charge in [-0.05, 0) is 45.4 Å². The maximum Gasteiger partial charge on any atom is 0.0862 e. The molecule has 1 aromatic rings. The maximum absolute atomic E-state index is 6.14. The number of aryl methyl sites for hydroxylation is 1. The number of nitrogens with zero attached hydrogens (tertiary/aromatic N) is 2. The lowest BCUT2D eigenvalue weighted by Gasteiger charge is -2.06. The lowest BCUT2D eigenvalue weighted by molar-refractivity contribution is 0.650. The van der Waals surface area contributed by atoms with Crippen molar-refractivity contribution in [3.05, 3.63) is 23.0 Å². The summed E-state index contributed by atoms with van der Waals surface area (Å²) in [5, 5.41) is 8.36. The molecule has 0 aliphatic heterocycles. The number of aromatic nitrogens is 2. The average Bonchev–Trinajstić information content (AvgIpc) is 2.70. The summed E-state index contributed by atoms with van der Waals surface area (Å²) in [5.74, 6) is 0. The van der Waals surface area contributed by atoms with E-state index >= 15 is 0 Å². The monoisotopic (exact) mass is 255 g/mol. The zero-order valence-corrected chi connectivity index (χ0v) is 11.7. The summed E-state index contributed by atoms with van der Waals surface area (Å²) in [4.78, 5) is 0. The summed E-state index contributed by atoms with van der Waals surface area (Å²) in [6.07, 6.45) is 6.14. The third-order valence-electron chi connectivity index (χ3n) is 2.67. The van der Waals surface area contributed by atoms with Crippen molar-refractivity contribution in [2.24, 2.45) is 0 Å². The van der Waals surface area contributed by atoms with Crippen molar-refractivity contribution in [3.8, 4) is 0 Å². The van der Waals surface area contributed by atoms with Gasteiger partial charge in [-0.1, -0.05) is 24.6 Å². The Bertz CT molecular complexity index is 369. The highest BCUT2D eigenvalue weighted by Crippen LogP contribution is 2.23. The molecule has 17 heavy (non-hydrogen) atoms. The fraction of sp³-hybridized carbons (Fsp3) is 0.615. The van der Waals surface area contributed by atoms with E-state index < -0.39 is 0 Å². The van der Waals surface area contributed by atoms with Gasteiger partial charge in [0.25, 0.3) is 0 Å². The van der Waals surface area contributed by atoms with Crippen LogP contribution in [0.4, 0.5) is 0 Å². The minimum Gasteiger partial charge on any atom is -0.316 e. The molecule has 1 N–H and O–H groups in total. The van der Waals surface area contributed by atoms with Gasteiger partial charge >= 0.3 is 0 Å². The highest BCUT2D eigenvalue weighted by molar-refractivity contribution is 6.32. The van der Waals surface area contributed by atoms with Crippen LogP contribution in [0, 0.1) is 0 Å².